The van der Waals surface area contributed by atoms with E-state index in [4.69, 9.17) is 14.0 Å². The van der Waals surface area contributed by atoms with Crippen LogP contribution in [0.15, 0.2) is 81.6 Å². The van der Waals surface area contributed by atoms with E-state index < -0.39 is 11.9 Å². The summed E-state index contributed by atoms with van der Waals surface area (Å²) < 4.78 is 10.0. The van der Waals surface area contributed by atoms with Gasteiger partial charge < -0.3 is 14.0 Å². The number of amides is 1. The van der Waals surface area contributed by atoms with Crippen molar-refractivity contribution in [2.24, 2.45) is 10.2 Å². The third-order valence-corrected chi connectivity index (χ3v) is 3.42. The van der Waals surface area contributed by atoms with E-state index in [1.165, 1.54) is 19.4 Å². The predicted molar refractivity (Wildman–Crippen MR) is 96.0 cm³/mol. The van der Waals surface area contributed by atoms with Crippen LogP contribution in [0, 0.1) is 0 Å². The van der Waals surface area contributed by atoms with Gasteiger partial charge in [-0.1, -0.05) is 6.07 Å². The largest absolute Gasteiger partial charge is 0.497 e. The summed E-state index contributed by atoms with van der Waals surface area (Å²) >= 11 is 0. The number of ether oxygens (including phenoxy) is 1. The smallest absolute Gasteiger partial charge is 0.362 e. The summed E-state index contributed by atoms with van der Waals surface area (Å²) in [6.07, 6.45) is 1.38. The molecular weight excluding hydrogens is 350 g/mol. The first kappa shape index (κ1) is 17.9. The van der Waals surface area contributed by atoms with Gasteiger partial charge in [0.15, 0.2) is 5.76 Å². The van der Waals surface area contributed by atoms with Crippen molar-refractivity contribution in [1.82, 2.24) is 0 Å². The van der Waals surface area contributed by atoms with E-state index in [0.717, 1.165) is 0 Å². The van der Waals surface area contributed by atoms with Gasteiger partial charge in [0.1, 0.15) is 5.75 Å². The Morgan fingerprint density at radius 2 is 1.85 bits per heavy atom. The Hall–Kier alpha value is -3.94. The molecule has 8 heteroatoms. The summed E-state index contributed by atoms with van der Waals surface area (Å²) in [6, 6.07) is 16.2. The number of nitrogens with zero attached hydrogens (tertiary/aromatic N) is 2. The van der Waals surface area contributed by atoms with Crippen LogP contribution in [-0.4, -0.2) is 19.0 Å². The van der Waals surface area contributed by atoms with Gasteiger partial charge in [0.05, 0.1) is 30.3 Å². The van der Waals surface area contributed by atoms with Gasteiger partial charge in [0, 0.05) is 0 Å². The van der Waals surface area contributed by atoms with Gasteiger partial charge in [-0.3, -0.25) is 4.79 Å². The first-order valence-corrected chi connectivity index (χ1v) is 7.86. The minimum Gasteiger partial charge on any atom is -0.497 e. The molecule has 0 aliphatic heterocycles. The molecule has 2 aromatic carbocycles. The number of carbonyl (C=O) groups excluding carboxylic acids is 2. The van der Waals surface area contributed by atoms with Gasteiger partial charge in [-0.25, -0.2) is 10.3 Å². The number of benzene rings is 2. The number of rotatable bonds is 6. The number of hydrogen-bond donors (Lipinski definition) is 1. The average molecular weight is 365 g/mol. The zero-order valence-electron chi connectivity index (χ0n) is 14.3. The van der Waals surface area contributed by atoms with Crippen LogP contribution in [0.5, 0.6) is 5.75 Å². The third-order valence-electron chi connectivity index (χ3n) is 3.42. The highest BCUT2D eigenvalue weighted by Crippen LogP contribution is 2.18. The minimum absolute atomic E-state index is 0.112. The fourth-order valence-electron chi connectivity index (χ4n) is 2.06. The number of furan rings is 1. The van der Waals surface area contributed by atoms with Crippen LogP contribution in [-0.2, 0) is 4.84 Å². The van der Waals surface area contributed by atoms with Crippen LogP contribution in [0.2, 0.25) is 0 Å². The summed E-state index contributed by atoms with van der Waals surface area (Å²) in [5.74, 6) is -0.458. The Labute approximate surface area is 154 Å². The molecule has 0 aliphatic carbocycles. The molecule has 1 N–H and O–H groups in total. The maximum absolute atomic E-state index is 12.0. The first-order chi connectivity index (χ1) is 13.2. The normalized spacial score (nSPS) is 10.6. The highest BCUT2D eigenvalue weighted by atomic mass is 16.7. The van der Waals surface area contributed by atoms with Crippen molar-refractivity contribution in [1.29, 1.82) is 0 Å². The zero-order chi connectivity index (χ0) is 19.1. The molecule has 0 unspecified atom stereocenters. The SMILES string of the molecule is COc1cccc(C(=O)ONc2ccc(N=NC(=O)c3ccco3)cc2)c1. The van der Waals surface area contributed by atoms with E-state index in [1.807, 2.05) is 0 Å². The van der Waals surface area contributed by atoms with Gasteiger partial charge in [-0.2, -0.15) is 0 Å². The van der Waals surface area contributed by atoms with E-state index in [9.17, 15) is 9.59 Å². The van der Waals surface area contributed by atoms with Crippen LogP contribution in [0.3, 0.4) is 0 Å². The molecule has 1 amide bonds. The molecule has 0 radical (unpaired) electrons. The van der Waals surface area contributed by atoms with Gasteiger partial charge in [0.2, 0.25) is 0 Å². The predicted octanol–water partition coefficient (Wildman–Crippen LogP) is 4.40. The highest BCUT2D eigenvalue weighted by molar-refractivity contribution is 5.92. The standard InChI is InChI=1S/C19H15N3O5/c1-25-16-5-2-4-13(12-16)19(24)27-22-15-9-7-14(8-10-15)20-21-18(23)17-6-3-11-26-17/h2-12,22H,1H3. The molecule has 3 aromatic rings. The quantitative estimate of drug-likeness (QED) is 0.513. The molecule has 0 spiro atoms. The molecule has 0 saturated carbocycles. The average Bonchev–Trinajstić information content (AvgIpc) is 3.26. The van der Waals surface area contributed by atoms with E-state index in [1.54, 1.807) is 54.6 Å². The lowest BCUT2D eigenvalue weighted by molar-refractivity contribution is 0.0596. The second-order valence-corrected chi connectivity index (χ2v) is 5.25. The Bertz CT molecular complexity index is 950. The molecule has 8 nitrogen and oxygen atoms in total. The topological polar surface area (TPSA) is 102 Å². The van der Waals surface area contributed by atoms with Crippen molar-refractivity contribution >= 4 is 23.3 Å². The molecule has 0 saturated heterocycles. The fraction of sp³-hybridized carbons (Fsp3) is 0.0526. The van der Waals surface area contributed by atoms with E-state index in [2.05, 4.69) is 15.7 Å². The number of carbonyl (C=O) groups is 2. The van der Waals surface area contributed by atoms with Crippen molar-refractivity contribution in [2.75, 3.05) is 12.6 Å². The van der Waals surface area contributed by atoms with Crippen molar-refractivity contribution < 1.29 is 23.6 Å². The first-order valence-electron chi connectivity index (χ1n) is 7.86. The monoisotopic (exact) mass is 365 g/mol. The van der Waals surface area contributed by atoms with Crippen LogP contribution in [0.1, 0.15) is 20.9 Å². The molecule has 1 aromatic heterocycles. The number of hydrogen-bond acceptors (Lipinski definition) is 7. The van der Waals surface area contributed by atoms with Crippen molar-refractivity contribution in [3.63, 3.8) is 0 Å². The number of nitrogens with one attached hydrogen (secondary N) is 1. The lowest BCUT2D eigenvalue weighted by Gasteiger charge is -2.07. The third kappa shape index (κ3) is 4.79. The van der Waals surface area contributed by atoms with Crippen LogP contribution in [0.25, 0.3) is 0 Å². The van der Waals surface area contributed by atoms with Crippen LogP contribution >= 0.6 is 0 Å². The number of anilines is 1. The molecule has 3 rings (SSSR count). The maximum Gasteiger partial charge on any atom is 0.362 e. The van der Waals surface area contributed by atoms with Gasteiger partial charge in [0.25, 0.3) is 0 Å². The van der Waals surface area contributed by atoms with E-state index in [0.29, 0.717) is 22.7 Å². The fourth-order valence-corrected chi connectivity index (χ4v) is 2.06. The Kier molecular flexibility index (Phi) is 5.58. The molecule has 136 valence electrons. The van der Waals surface area contributed by atoms with E-state index in [-0.39, 0.29) is 5.76 Å². The van der Waals surface area contributed by atoms with Crippen molar-refractivity contribution in [2.45, 2.75) is 0 Å². The summed E-state index contributed by atoms with van der Waals surface area (Å²) in [7, 11) is 1.52. The Balaban J connectivity index is 1.56. The summed E-state index contributed by atoms with van der Waals surface area (Å²) in [5.41, 5.74) is 3.89. The minimum atomic E-state index is -0.575. The van der Waals surface area contributed by atoms with Crippen molar-refractivity contribution in [3.05, 3.63) is 78.3 Å². The maximum atomic E-state index is 12.0. The van der Waals surface area contributed by atoms with Gasteiger partial charge in [-0.05, 0) is 54.6 Å². The van der Waals surface area contributed by atoms with E-state index >= 15 is 0 Å². The lowest BCUT2D eigenvalue weighted by Crippen LogP contribution is -2.10. The molecule has 0 atom stereocenters. The summed E-state index contributed by atoms with van der Waals surface area (Å²) in [6.45, 7) is 0. The number of azo groups is 1. The number of methoxy groups -OCH3 is 1. The Morgan fingerprint density at radius 1 is 1.04 bits per heavy atom. The van der Waals surface area contributed by atoms with Crippen LogP contribution in [0.4, 0.5) is 11.4 Å². The van der Waals surface area contributed by atoms with Crippen LogP contribution < -0.4 is 10.2 Å². The van der Waals surface area contributed by atoms with Crippen molar-refractivity contribution in [3.8, 4) is 5.75 Å². The van der Waals surface area contributed by atoms with Gasteiger partial charge in [-0.15, -0.1) is 10.2 Å². The molecule has 1 heterocycles. The second kappa shape index (κ2) is 8.43. The molecular formula is C19H15N3O5. The lowest BCUT2D eigenvalue weighted by atomic mass is 10.2. The summed E-state index contributed by atoms with van der Waals surface area (Å²) in [4.78, 5) is 28.7. The summed E-state index contributed by atoms with van der Waals surface area (Å²) in [5, 5.41) is 7.40. The molecule has 0 aliphatic rings. The van der Waals surface area contributed by atoms with Gasteiger partial charge >= 0.3 is 11.9 Å². The second-order valence-electron chi connectivity index (χ2n) is 5.25. The molecule has 27 heavy (non-hydrogen) atoms. The zero-order valence-corrected chi connectivity index (χ0v) is 14.3. The molecule has 0 fully saturated rings. The highest BCUT2D eigenvalue weighted by Gasteiger charge is 2.09. The Morgan fingerprint density at radius 3 is 2.56 bits per heavy atom. The molecule has 0 bridgehead atoms.